The Hall–Kier alpha value is -5.67. The van der Waals surface area contributed by atoms with Gasteiger partial charge in [-0.2, -0.15) is 0 Å². The quantitative estimate of drug-likeness (QED) is 0.0707. The van der Waals surface area contributed by atoms with Crippen molar-refractivity contribution in [1.82, 2.24) is 31.9 Å². The van der Waals surface area contributed by atoms with Crippen molar-refractivity contribution < 1.29 is 48.1 Å². The van der Waals surface area contributed by atoms with E-state index in [2.05, 4.69) is 51.0 Å². The van der Waals surface area contributed by atoms with E-state index in [1.54, 1.807) is 53.7 Å². The fraction of sp³-hybridized carbons (Fsp3) is 0.568. The Morgan fingerprint density at radius 1 is 0.600 bits per heavy atom. The lowest BCUT2D eigenvalue weighted by Crippen LogP contribution is -2.56. The number of carbonyl (C=O) groups is 7. The third-order valence-corrected chi connectivity index (χ3v) is 8.85. The van der Waals surface area contributed by atoms with Crippen LogP contribution >= 0.6 is 0 Å². The minimum atomic E-state index is -1.26. The molecule has 2 aromatic carbocycles. The Labute approximate surface area is 354 Å². The number of aliphatic carboxylic acids is 1. The van der Waals surface area contributed by atoms with Gasteiger partial charge in [0.25, 0.3) is 5.91 Å². The van der Waals surface area contributed by atoms with Crippen LogP contribution in [0.15, 0.2) is 48.5 Å². The van der Waals surface area contributed by atoms with Gasteiger partial charge in [-0.15, -0.1) is 0 Å². The number of carbonyl (C=O) groups excluding carboxylic acids is 6. The highest BCUT2D eigenvalue weighted by atomic mass is 16.6. The number of carboxylic acids is 1. The number of carboxylic acid groups (broad SMARTS) is 1. The first-order valence-corrected chi connectivity index (χ1v) is 20.7. The molecule has 0 aliphatic heterocycles. The maximum absolute atomic E-state index is 14.0. The Bertz CT molecular complexity index is 1720. The Morgan fingerprint density at radius 2 is 1.07 bits per heavy atom. The lowest BCUT2D eigenvalue weighted by molar-refractivity contribution is -0.138. The molecule has 60 heavy (non-hydrogen) atoms. The monoisotopic (exact) mass is 838 g/mol. The molecule has 7 N–H and O–H groups in total. The van der Waals surface area contributed by atoms with Crippen molar-refractivity contribution in [3.05, 3.63) is 59.7 Å². The first kappa shape index (κ1) is 50.5. The van der Waals surface area contributed by atoms with Gasteiger partial charge in [-0.1, -0.05) is 49.7 Å². The smallest absolute Gasteiger partial charge is 0.407 e. The normalized spacial score (nSPS) is 12.8. The van der Waals surface area contributed by atoms with Gasteiger partial charge in [-0.3, -0.25) is 24.0 Å². The summed E-state index contributed by atoms with van der Waals surface area (Å²) >= 11 is 0. The van der Waals surface area contributed by atoms with Gasteiger partial charge in [-0.05, 0) is 129 Å². The Kier molecular flexibility index (Phi) is 21.1. The number of unbranched alkanes of at least 4 members (excludes halogenated alkanes) is 3. The van der Waals surface area contributed by atoms with Gasteiger partial charge in [0.1, 0.15) is 35.9 Å². The maximum Gasteiger partial charge on any atom is 0.407 e. The predicted octanol–water partition coefficient (Wildman–Crippen LogP) is 5.37. The third kappa shape index (κ3) is 20.8. The van der Waals surface area contributed by atoms with Crippen LogP contribution in [-0.4, -0.2) is 95.9 Å². The van der Waals surface area contributed by atoms with E-state index in [1.165, 1.54) is 12.5 Å². The van der Waals surface area contributed by atoms with E-state index in [4.69, 9.17) is 14.6 Å². The van der Waals surface area contributed by atoms with Crippen LogP contribution < -0.4 is 31.9 Å². The van der Waals surface area contributed by atoms with Crippen LogP contribution in [-0.2, 0) is 35.1 Å². The van der Waals surface area contributed by atoms with E-state index in [9.17, 15) is 33.6 Å². The second-order valence-electron chi connectivity index (χ2n) is 16.7. The fourth-order valence-electron chi connectivity index (χ4n) is 5.76. The molecule has 332 valence electrons. The molecule has 0 unspecified atom stereocenters. The van der Waals surface area contributed by atoms with E-state index < -0.39 is 77.7 Å². The number of benzene rings is 2. The number of ether oxygens (including phenoxy) is 2. The molecule has 0 bridgehead atoms. The van der Waals surface area contributed by atoms with Gasteiger partial charge in [0.05, 0.1) is 0 Å². The average Bonchev–Trinajstić information content (AvgIpc) is 3.16. The number of amides is 6. The molecule has 16 heteroatoms. The molecule has 0 aromatic heterocycles. The van der Waals surface area contributed by atoms with Gasteiger partial charge >= 0.3 is 18.2 Å². The zero-order valence-electron chi connectivity index (χ0n) is 36.5. The summed E-state index contributed by atoms with van der Waals surface area (Å²) in [4.78, 5) is 88.8. The Morgan fingerprint density at radius 3 is 1.53 bits per heavy atom. The summed E-state index contributed by atoms with van der Waals surface area (Å²) in [7, 11) is 0. The molecule has 0 saturated carbocycles. The van der Waals surface area contributed by atoms with E-state index >= 15 is 0 Å². The van der Waals surface area contributed by atoms with E-state index in [1.807, 2.05) is 24.3 Å². The van der Waals surface area contributed by atoms with Crippen LogP contribution in [0.3, 0.4) is 0 Å². The number of aryl methyl sites for hydroxylation is 1. The van der Waals surface area contributed by atoms with Crippen LogP contribution in [0.4, 0.5) is 9.59 Å². The number of rotatable bonds is 23. The highest BCUT2D eigenvalue weighted by molar-refractivity contribution is 5.99. The van der Waals surface area contributed by atoms with Crippen molar-refractivity contribution >= 4 is 41.8 Å². The van der Waals surface area contributed by atoms with E-state index in [0.29, 0.717) is 31.2 Å². The molecule has 2 rings (SSSR count). The Balaban J connectivity index is 2.24. The molecule has 16 nitrogen and oxygen atoms in total. The number of alkyl carbamates (subject to hydrolysis) is 2. The minimum absolute atomic E-state index is 0.0958. The summed E-state index contributed by atoms with van der Waals surface area (Å²) < 4.78 is 10.5. The topological polar surface area (TPSA) is 230 Å². The summed E-state index contributed by atoms with van der Waals surface area (Å²) in [6.45, 7) is 13.8. The average molecular weight is 839 g/mol. The summed E-state index contributed by atoms with van der Waals surface area (Å²) in [5.41, 5.74) is 2.13. The number of nitrogens with one attached hydrogen (secondary N) is 6. The van der Waals surface area contributed by atoms with Crippen molar-refractivity contribution in [2.45, 2.75) is 143 Å². The van der Waals surface area contributed by atoms with Gasteiger partial charge < -0.3 is 46.5 Å². The molecule has 6 amide bonds. The summed E-state index contributed by atoms with van der Waals surface area (Å²) in [6, 6.07) is 11.9. The van der Waals surface area contributed by atoms with Crippen LogP contribution in [0.5, 0.6) is 0 Å². The molecule has 3 atom stereocenters. The van der Waals surface area contributed by atoms with Crippen molar-refractivity contribution in [1.29, 1.82) is 0 Å². The van der Waals surface area contributed by atoms with Crippen molar-refractivity contribution in [2.75, 3.05) is 19.6 Å². The van der Waals surface area contributed by atoms with Gasteiger partial charge in [0, 0.05) is 18.7 Å². The third-order valence-electron chi connectivity index (χ3n) is 8.85. The van der Waals surface area contributed by atoms with Crippen LogP contribution in [0.25, 0.3) is 11.1 Å². The molecule has 0 heterocycles. The number of hydrogen-bond donors (Lipinski definition) is 7. The molecular weight excluding hydrogens is 773 g/mol. The SMILES string of the molecule is CCCCc1ccc(-c2ccc(C(=O)N[C@@H](CCCCNC(=O)OC(C)(C)C)C(=O)N[C@@H](CCCCNC(=O)OC(C)(C)C)C(=O)N[C@@H](C)C(=O)NCC(=O)O)cc2)cc1. The second-order valence-corrected chi connectivity index (χ2v) is 16.7. The van der Waals surface area contributed by atoms with Crippen molar-refractivity contribution in [3.63, 3.8) is 0 Å². The van der Waals surface area contributed by atoms with Crippen molar-refractivity contribution in [2.24, 2.45) is 0 Å². The molecule has 0 aliphatic carbocycles. The first-order valence-electron chi connectivity index (χ1n) is 20.7. The van der Waals surface area contributed by atoms with Gasteiger partial charge in [-0.25, -0.2) is 9.59 Å². The fourth-order valence-corrected chi connectivity index (χ4v) is 5.76. The molecule has 0 fully saturated rings. The molecular formula is C44H66N6O10. The molecule has 0 saturated heterocycles. The zero-order chi connectivity index (χ0) is 44.9. The largest absolute Gasteiger partial charge is 0.480 e. The summed E-state index contributed by atoms with van der Waals surface area (Å²) in [5.74, 6) is -3.87. The molecule has 0 radical (unpaired) electrons. The summed E-state index contributed by atoms with van der Waals surface area (Å²) in [6.07, 6.45) is 3.92. The minimum Gasteiger partial charge on any atom is -0.480 e. The van der Waals surface area contributed by atoms with Crippen molar-refractivity contribution in [3.8, 4) is 11.1 Å². The molecule has 2 aromatic rings. The maximum atomic E-state index is 14.0. The highest BCUT2D eigenvalue weighted by Gasteiger charge is 2.29. The predicted molar refractivity (Wildman–Crippen MR) is 228 cm³/mol. The van der Waals surface area contributed by atoms with Gasteiger partial charge in [0.15, 0.2) is 0 Å². The summed E-state index contributed by atoms with van der Waals surface area (Å²) in [5, 5.41) is 24.6. The second kappa shape index (κ2) is 25.1. The zero-order valence-corrected chi connectivity index (χ0v) is 36.5. The first-order chi connectivity index (χ1) is 28.2. The van der Waals surface area contributed by atoms with E-state index in [0.717, 1.165) is 30.4 Å². The van der Waals surface area contributed by atoms with Crippen LogP contribution in [0.2, 0.25) is 0 Å². The van der Waals surface area contributed by atoms with E-state index in [-0.39, 0.29) is 25.9 Å². The number of hydrogen-bond acceptors (Lipinski definition) is 9. The molecule has 0 spiro atoms. The standard InChI is InChI=1S/C44H66N6O10/c1-9-10-15-30-18-20-31(21-19-30)32-22-24-33(25-23-32)38(54)49-35(17-12-14-27-46-42(58)60-44(6,7)8)40(56)50-34(16-11-13-26-45-41(57)59-43(3,4)5)39(55)48-29(2)37(53)47-28-36(51)52/h18-25,29,34-35H,9-17,26-28H2,1-8H3,(H,45,57)(H,46,58)(H,47,53)(H,48,55)(H,49,54)(H,50,56)(H,51,52)/t29-,34-,35-/m0/s1. The van der Waals surface area contributed by atoms with Gasteiger partial charge in [0.2, 0.25) is 17.7 Å². The highest BCUT2D eigenvalue weighted by Crippen LogP contribution is 2.21. The van der Waals surface area contributed by atoms with Crippen LogP contribution in [0.1, 0.15) is 123 Å². The van der Waals surface area contributed by atoms with Crippen LogP contribution in [0, 0.1) is 0 Å². The lowest BCUT2D eigenvalue weighted by Gasteiger charge is -2.25. The molecule has 0 aliphatic rings. The lowest BCUT2D eigenvalue weighted by atomic mass is 10.0.